The van der Waals surface area contributed by atoms with Crippen LogP contribution < -0.4 is 5.73 Å². The second-order valence-corrected chi connectivity index (χ2v) is 5.17. The van der Waals surface area contributed by atoms with Crippen molar-refractivity contribution in [2.24, 2.45) is 5.73 Å². The molecule has 1 aliphatic heterocycles. The number of carbonyl (C=O) groups excluding carboxylic acids is 1. The van der Waals surface area contributed by atoms with Crippen LogP contribution in [0, 0.1) is 0 Å². The van der Waals surface area contributed by atoms with Crippen molar-refractivity contribution in [3.8, 4) is 0 Å². The Kier molecular flexibility index (Phi) is 4.56. The molecule has 0 radical (unpaired) electrons. The summed E-state index contributed by atoms with van der Waals surface area (Å²) in [7, 11) is 0. The minimum absolute atomic E-state index is 0.00991. The maximum absolute atomic E-state index is 12.6. The topological polar surface area (TPSA) is 55.6 Å². The Morgan fingerprint density at radius 3 is 2.74 bits per heavy atom. The van der Waals surface area contributed by atoms with E-state index in [0.717, 1.165) is 18.5 Å². The molecule has 1 atom stereocenters. The molecule has 1 unspecified atom stereocenters. The van der Waals surface area contributed by atoms with Crippen molar-refractivity contribution < 1.29 is 9.53 Å². The van der Waals surface area contributed by atoms with E-state index < -0.39 is 5.54 Å². The fraction of sp³-hybridized carbons (Fsp3) is 0.533. The third-order valence-electron chi connectivity index (χ3n) is 3.48. The third-order valence-corrected chi connectivity index (χ3v) is 3.48. The molecule has 0 aliphatic carbocycles. The first-order valence-corrected chi connectivity index (χ1v) is 6.85. The Hall–Kier alpha value is -1.39. The van der Waals surface area contributed by atoms with Crippen molar-refractivity contribution in [2.75, 3.05) is 19.8 Å². The number of ether oxygens (including phenoxy) is 1. The highest BCUT2D eigenvalue weighted by Gasteiger charge is 2.40. The van der Waals surface area contributed by atoms with E-state index in [9.17, 15) is 4.79 Å². The zero-order valence-electron chi connectivity index (χ0n) is 11.5. The van der Waals surface area contributed by atoms with Gasteiger partial charge in [-0.2, -0.15) is 0 Å². The van der Waals surface area contributed by atoms with Gasteiger partial charge < -0.3 is 15.4 Å². The van der Waals surface area contributed by atoms with Crippen molar-refractivity contribution >= 4 is 5.91 Å². The average molecular weight is 262 g/mol. The number of amides is 1. The summed E-state index contributed by atoms with van der Waals surface area (Å²) in [6.07, 6.45) is 1.54. The lowest BCUT2D eigenvalue weighted by molar-refractivity contribution is -0.137. The predicted octanol–water partition coefficient (Wildman–Crippen LogP) is 1.54. The molecule has 1 aromatic rings. The van der Waals surface area contributed by atoms with Gasteiger partial charge in [0.05, 0.1) is 6.61 Å². The Morgan fingerprint density at radius 2 is 2.16 bits per heavy atom. The Labute approximate surface area is 114 Å². The van der Waals surface area contributed by atoms with Gasteiger partial charge in [-0.1, -0.05) is 37.3 Å². The number of nitrogens with two attached hydrogens (primary N) is 1. The molecule has 4 heteroatoms. The summed E-state index contributed by atoms with van der Waals surface area (Å²) in [4.78, 5) is 14.4. The normalized spacial score (nSPS) is 22.4. The first-order chi connectivity index (χ1) is 9.15. The molecule has 1 heterocycles. The molecular formula is C15H22N2O2. The van der Waals surface area contributed by atoms with E-state index in [-0.39, 0.29) is 5.91 Å². The first-order valence-electron chi connectivity index (χ1n) is 6.85. The van der Waals surface area contributed by atoms with Crippen molar-refractivity contribution in [1.82, 2.24) is 4.90 Å². The lowest BCUT2D eigenvalue weighted by atomic mass is 9.98. The van der Waals surface area contributed by atoms with Crippen LogP contribution in [0.25, 0.3) is 0 Å². The van der Waals surface area contributed by atoms with Crippen molar-refractivity contribution in [3.63, 3.8) is 0 Å². The molecule has 1 aliphatic rings. The SMILES string of the molecule is CCCN(Cc1ccccc1)C(=O)C1(N)CCOC1. The highest BCUT2D eigenvalue weighted by atomic mass is 16.5. The molecule has 0 saturated carbocycles. The van der Waals surface area contributed by atoms with E-state index in [0.29, 0.717) is 26.2 Å². The zero-order chi connectivity index (χ0) is 13.7. The second-order valence-electron chi connectivity index (χ2n) is 5.17. The molecular weight excluding hydrogens is 240 g/mol. The number of hydrogen-bond acceptors (Lipinski definition) is 3. The second kappa shape index (κ2) is 6.17. The van der Waals surface area contributed by atoms with Gasteiger partial charge in [-0.3, -0.25) is 4.79 Å². The van der Waals surface area contributed by atoms with E-state index in [2.05, 4.69) is 6.92 Å². The maximum Gasteiger partial charge on any atom is 0.245 e. The van der Waals surface area contributed by atoms with Gasteiger partial charge in [-0.05, 0) is 18.4 Å². The summed E-state index contributed by atoms with van der Waals surface area (Å²) in [6, 6.07) is 10.0. The van der Waals surface area contributed by atoms with Gasteiger partial charge in [0, 0.05) is 19.7 Å². The Balaban J connectivity index is 2.09. The molecule has 104 valence electrons. The molecule has 1 fully saturated rings. The van der Waals surface area contributed by atoms with Crippen LogP contribution in [0.5, 0.6) is 0 Å². The van der Waals surface area contributed by atoms with E-state index in [1.165, 1.54) is 0 Å². The van der Waals surface area contributed by atoms with Gasteiger partial charge in [0.1, 0.15) is 5.54 Å². The van der Waals surface area contributed by atoms with Gasteiger partial charge in [0.25, 0.3) is 0 Å². The number of nitrogens with zero attached hydrogens (tertiary/aromatic N) is 1. The van der Waals surface area contributed by atoms with Crippen LogP contribution in [0.2, 0.25) is 0 Å². The number of benzene rings is 1. The van der Waals surface area contributed by atoms with Crippen molar-refractivity contribution in [1.29, 1.82) is 0 Å². The summed E-state index contributed by atoms with van der Waals surface area (Å²) >= 11 is 0. The molecule has 4 nitrogen and oxygen atoms in total. The molecule has 0 bridgehead atoms. The highest BCUT2D eigenvalue weighted by Crippen LogP contribution is 2.20. The van der Waals surface area contributed by atoms with Gasteiger partial charge in [-0.25, -0.2) is 0 Å². The maximum atomic E-state index is 12.6. The fourth-order valence-corrected chi connectivity index (χ4v) is 2.39. The number of rotatable bonds is 5. The van der Waals surface area contributed by atoms with Crippen molar-refractivity contribution in [2.45, 2.75) is 31.8 Å². The molecule has 19 heavy (non-hydrogen) atoms. The van der Waals surface area contributed by atoms with Crippen LogP contribution in [0.3, 0.4) is 0 Å². The number of hydrogen-bond donors (Lipinski definition) is 1. The summed E-state index contributed by atoms with van der Waals surface area (Å²) in [5.74, 6) is 0.00991. The summed E-state index contributed by atoms with van der Waals surface area (Å²) in [5.41, 5.74) is 6.47. The van der Waals surface area contributed by atoms with Crippen LogP contribution in [0.1, 0.15) is 25.3 Å². The van der Waals surface area contributed by atoms with E-state index in [1.54, 1.807) is 0 Å². The average Bonchev–Trinajstić information content (AvgIpc) is 2.87. The van der Waals surface area contributed by atoms with Gasteiger partial charge in [0.2, 0.25) is 5.91 Å². The van der Waals surface area contributed by atoms with Crippen LogP contribution in [0.15, 0.2) is 30.3 Å². The minimum atomic E-state index is -0.829. The lowest BCUT2D eigenvalue weighted by Gasteiger charge is -2.30. The Bertz CT molecular complexity index is 413. The first kappa shape index (κ1) is 14.0. The molecule has 1 saturated heterocycles. The molecule has 0 spiro atoms. The van der Waals surface area contributed by atoms with Crippen LogP contribution >= 0.6 is 0 Å². The lowest BCUT2D eigenvalue weighted by Crippen LogP contribution is -2.55. The van der Waals surface area contributed by atoms with Gasteiger partial charge >= 0.3 is 0 Å². The minimum Gasteiger partial charge on any atom is -0.379 e. The smallest absolute Gasteiger partial charge is 0.245 e. The van der Waals surface area contributed by atoms with Crippen LogP contribution in [-0.2, 0) is 16.1 Å². The summed E-state index contributed by atoms with van der Waals surface area (Å²) < 4.78 is 5.29. The number of carbonyl (C=O) groups is 1. The van der Waals surface area contributed by atoms with Gasteiger partial charge in [0.15, 0.2) is 0 Å². The molecule has 1 aromatic carbocycles. The zero-order valence-corrected chi connectivity index (χ0v) is 11.5. The Morgan fingerprint density at radius 1 is 1.42 bits per heavy atom. The van der Waals surface area contributed by atoms with Crippen LogP contribution in [-0.4, -0.2) is 36.1 Å². The standard InChI is InChI=1S/C15H22N2O2/c1-2-9-17(11-13-6-4-3-5-7-13)14(18)15(16)8-10-19-12-15/h3-7H,2,8-12,16H2,1H3. The molecule has 0 aromatic heterocycles. The van der Waals surface area contributed by atoms with Crippen LogP contribution in [0.4, 0.5) is 0 Å². The fourth-order valence-electron chi connectivity index (χ4n) is 2.39. The van der Waals surface area contributed by atoms with E-state index in [4.69, 9.17) is 10.5 Å². The van der Waals surface area contributed by atoms with E-state index >= 15 is 0 Å². The van der Waals surface area contributed by atoms with Gasteiger partial charge in [-0.15, -0.1) is 0 Å². The summed E-state index contributed by atoms with van der Waals surface area (Å²) in [5, 5.41) is 0. The highest BCUT2D eigenvalue weighted by molar-refractivity contribution is 5.86. The third kappa shape index (κ3) is 3.33. The monoisotopic (exact) mass is 262 g/mol. The largest absolute Gasteiger partial charge is 0.379 e. The molecule has 1 amide bonds. The van der Waals surface area contributed by atoms with Crippen molar-refractivity contribution in [3.05, 3.63) is 35.9 Å². The quantitative estimate of drug-likeness (QED) is 0.875. The molecule has 2 N–H and O–H groups in total. The summed E-state index contributed by atoms with van der Waals surface area (Å²) in [6.45, 7) is 4.33. The molecule has 2 rings (SSSR count). The predicted molar refractivity (Wildman–Crippen MR) is 74.5 cm³/mol. The van der Waals surface area contributed by atoms with E-state index in [1.807, 2.05) is 35.2 Å².